The number of hydrogen-bond donors (Lipinski definition) is 0. The van der Waals surface area contributed by atoms with Gasteiger partial charge in [0.1, 0.15) is 5.60 Å². The number of benzene rings is 2. The van der Waals surface area contributed by atoms with Crippen LogP contribution in [0.1, 0.15) is 45.8 Å². The van der Waals surface area contributed by atoms with Crippen molar-refractivity contribution >= 4 is 12.0 Å². The molecule has 1 spiro atoms. The lowest BCUT2D eigenvalue weighted by molar-refractivity contribution is -0.143. The highest BCUT2D eigenvalue weighted by molar-refractivity contribution is 5.94. The number of carbonyl (C=O) groups excluding carboxylic acids is 2. The molecule has 0 aliphatic carbocycles. The summed E-state index contributed by atoms with van der Waals surface area (Å²) in [7, 11) is 3.78. The Bertz CT molecular complexity index is 1160. The molecule has 0 bridgehead atoms. The van der Waals surface area contributed by atoms with E-state index in [1.54, 1.807) is 4.90 Å². The van der Waals surface area contributed by atoms with E-state index in [9.17, 15) is 35.9 Å². The number of hydrogen-bond acceptors (Lipinski definition) is 4. The molecule has 2 aromatic carbocycles. The summed E-state index contributed by atoms with van der Waals surface area (Å²) in [5.74, 6) is -1.17. The third-order valence-corrected chi connectivity index (χ3v) is 7.34. The van der Waals surface area contributed by atoms with E-state index in [0.717, 1.165) is 5.56 Å². The molecule has 0 N–H and O–H groups in total. The second-order valence-corrected chi connectivity index (χ2v) is 10.2. The lowest BCUT2D eigenvalue weighted by Crippen LogP contribution is -2.60. The van der Waals surface area contributed by atoms with Crippen LogP contribution >= 0.6 is 0 Å². The standard InChI is InChI=1S/C27H29F6N3O3/c1-34(2)12-13-36-17-22(18-6-4-3-5-7-18)25(39-24(36)38)8-10-35(11-9-25)23(37)19-14-20(26(28,29)30)16-21(15-19)27(31,32)33/h3-7,14-16,22H,8-13,17H2,1-2H3/t22-/m1/s1. The number of halogens is 6. The highest BCUT2D eigenvalue weighted by Gasteiger charge is 2.51. The Kier molecular flexibility index (Phi) is 7.89. The van der Waals surface area contributed by atoms with Crippen molar-refractivity contribution < 1.29 is 40.7 Å². The summed E-state index contributed by atoms with van der Waals surface area (Å²) in [5, 5.41) is 0. The van der Waals surface area contributed by atoms with Crippen molar-refractivity contribution in [3.05, 3.63) is 70.8 Å². The van der Waals surface area contributed by atoms with E-state index in [1.165, 1.54) is 4.90 Å². The molecule has 12 heteroatoms. The van der Waals surface area contributed by atoms with Crippen LogP contribution in [0.5, 0.6) is 0 Å². The van der Waals surface area contributed by atoms with Gasteiger partial charge in [-0.25, -0.2) is 4.79 Å². The Hall–Kier alpha value is -3.28. The first-order valence-electron chi connectivity index (χ1n) is 12.5. The van der Waals surface area contributed by atoms with Crippen molar-refractivity contribution in [2.45, 2.75) is 36.7 Å². The van der Waals surface area contributed by atoms with Crippen molar-refractivity contribution in [1.29, 1.82) is 0 Å². The molecule has 0 radical (unpaired) electrons. The third-order valence-electron chi connectivity index (χ3n) is 7.34. The van der Waals surface area contributed by atoms with E-state index in [1.807, 2.05) is 49.3 Å². The number of alkyl halides is 6. The van der Waals surface area contributed by atoms with E-state index >= 15 is 0 Å². The van der Waals surface area contributed by atoms with Crippen molar-refractivity contribution in [2.24, 2.45) is 0 Å². The molecule has 39 heavy (non-hydrogen) atoms. The van der Waals surface area contributed by atoms with E-state index in [4.69, 9.17) is 4.74 Å². The zero-order chi connectivity index (χ0) is 28.6. The lowest BCUT2D eigenvalue weighted by atomic mass is 9.74. The quantitative estimate of drug-likeness (QED) is 0.456. The number of carbonyl (C=O) groups is 2. The molecule has 2 amide bonds. The van der Waals surface area contributed by atoms with Gasteiger partial charge in [0.05, 0.1) is 11.1 Å². The summed E-state index contributed by atoms with van der Waals surface area (Å²) in [4.78, 5) is 30.9. The number of amides is 2. The fourth-order valence-electron chi connectivity index (χ4n) is 5.17. The minimum absolute atomic E-state index is 0.00400. The van der Waals surface area contributed by atoms with Crippen LogP contribution in [-0.2, 0) is 17.1 Å². The zero-order valence-corrected chi connectivity index (χ0v) is 21.5. The molecular formula is C27H29F6N3O3. The highest BCUT2D eigenvalue weighted by atomic mass is 19.4. The number of piperidine rings is 1. The minimum Gasteiger partial charge on any atom is -0.442 e. The van der Waals surface area contributed by atoms with E-state index < -0.39 is 46.6 Å². The van der Waals surface area contributed by atoms with Crippen LogP contribution in [-0.4, -0.2) is 79.1 Å². The van der Waals surface area contributed by atoms with Crippen LogP contribution in [0.2, 0.25) is 0 Å². The molecule has 6 nitrogen and oxygen atoms in total. The fraction of sp³-hybridized carbons (Fsp3) is 0.481. The first-order chi connectivity index (χ1) is 18.2. The smallest absolute Gasteiger partial charge is 0.416 e. The van der Waals surface area contributed by atoms with Gasteiger partial charge in [-0.1, -0.05) is 30.3 Å². The topological polar surface area (TPSA) is 53.1 Å². The van der Waals surface area contributed by atoms with E-state index in [0.29, 0.717) is 31.8 Å². The summed E-state index contributed by atoms with van der Waals surface area (Å²) < 4.78 is 85.8. The first kappa shape index (κ1) is 28.7. The van der Waals surface area contributed by atoms with Crippen LogP contribution < -0.4 is 0 Å². The Morgan fingerprint density at radius 3 is 2.05 bits per heavy atom. The number of likely N-dealkylation sites (N-methyl/N-ethyl adjacent to an activating group) is 1. The van der Waals surface area contributed by atoms with Gasteiger partial charge in [0.25, 0.3) is 5.91 Å². The Balaban J connectivity index is 1.57. The average Bonchev–Trinajstić information content (AvgIpc) is 2.87. The van der Waals surface area contributed by atoms with Crippen molar-refractivity contribution in [3.8, 4) is 0 Å². The van der Waals surface area contributed by atoms with Crippen LogP contribution in [0.4, 0.5) is 31.1 Å². The first-order valence-corrected chi connectivity index (χ1v) is 12.5. The summed E-state index contributed by atoms with van der Waals surface area (Å²) >= 11 is 0. The second kappa shape index (κ2) is 10.7. The SMILES string of the molecule is CN(C)CCN1C[C@H](c2ccccc2)C2(CCN(C(=O)c3cc(C(F)(F)F)cc(C(F)(F)F)c3)CC2)OC1=O. The molecule has 0 aromatic heterocycles. The van der Waals surface area contributed by atoms with Crippen molar-refractivity contribution in [3.63, 3.8) is 0 Å². The normalized spacial score (nSPS) is 19.9. The van der Waals surface area contributed by atoms with Gasteiger partial charge in [0.2, 0.25) is 0 Å². The Morgan fingerprint density at radius 2 is 1.54 bits per heavy atom. The molecule has 0 saturated carbocycles. The summed E-state index contributed by atoms with van der Waals surface area (Å²) in [6, 6.07) is 10.3. The second-order valence-electron chi connectivity index (χ2n) is 10.2. The maximum absolute atomic E-state index is 13.3. The van der Waals surface area contributed by atoms with Gasteiger partial charge in [0, 0.05) is 57.0 Å². The maximum Gasteiger partial charge on any atom is 0.416 e. The van der Waals surface area contributed by atoms with Gasteiger partial charge in [0.15, 0.2) is 0 Å². The van der Waals surface area contributed by atoms with Gasteiger partial charge in [-0.15, -0.1) is 0 Å². The number of rotatable bonds is 5. The van der Waals surface area contributed by atoms with Crippen LogP contribution in [0.15, 0.2) is 48.5 Å². The molecule has 2 fully saturated rings. The van der Waals surface area contributed by atoms with Crippen LogP contribution in [0.3, 0.4) is 0 Å². The highest BCUT2D eigenvalue weighted by Crippen LogP contribution is 2.44. The number of likely N-dealkylation sites (tertiary alicyclic amines) is 1. The molecule has 2 aliphatic rings. The van der Waals surface area contributed by atoms with E-state index in [-0.39, 0.29) is 37.9 Å². The summed E-state index contributed by atoms with van der Waals surface area (Å²) in [5.41, 5.74) is -3.81. The molecule has 4 rings (SSSR count). The van der Waals surface area contributed by atoms with Crippen LogP contribution in [0, 0.1) is 0 Å². The predicted octanol–water partition coefficient (Wildman–Crippen LogP) is 5.50. The summed E-state index contributed by atoms with van der Waals surface area (Å²) in [6.07, 6.45) is -10.2. The monoisotopic (exact) mass is 557 g/mol. The summed E-state index contributed by atoms with van der Waals surface area (Å²) in [6.45, 7) is 1.47. The molecule has 1 atom stereocenters. The number of ether oxygens (including phenoxy) is 1. The average molecular weight is 558 g/mol. The fourth-order valence-corrected chi connectivity index (χ4v) is 5.17. The largest absolute Gasteiger partial charge is 0.442 e. The number of nitrogens with zero attached hydrogens (tertiary/aromatic N) is 3. The third kappa shape index (κ3) is 6.32. The maximum atomic E-state index is 13.3. The minimum atomic E-state index is -5.06. The molecular weight excluding hydrogens is 528 g/mol. The molecule has 2 heterocycles. The lowest BCUT2D eigenvalue weighted by Gasteiger charge is -2.50. The molecule has 212 valence electrons. The van der Waals surface area contributed by atoms with Gasteiger partial charge in [-0.3, -0.25) is 4.79 Å². The molecule has 2 saturated heterocycles. The Morgan fingerprint density at radius 1 is 0.974 bits per heavy atom. The van der Waals surface area contributed by atoms with E-state index in [2.05, 4.69) is 0 Å². The van der Waals surface area contributed by atoms with Gasteiger partial charge in [-0.05, 0) is 37.9 Å². The van der Waals surface area contributed by atoms with Crippen molar-refractivity contribution in [2.75, 3.05) is 46.8 Å². The molecule has 2 aromatic rings. The van der Waals surface area contributed by atoms with Gasteiger partial charge in [-0.2, -0.15) is 26.3 Å². The van der Waals surface area contributed by atoms with Crippen LogP contribution in [0.25, 0.3) is 0 Å². The molecule has 2 aliphatic heterocycles. The van der Waals surface area contributed by atoms with Crippen molar-refractivity contribution in [1.82, 2.24) is 14.7 Å². The van der Waals surface area contributed by atoms with Gasteiger partial charge >= 0.3 is 18.4 Å². The van der Waals surface area contributed by atoms with Gasteiger partial charge < -0.3 is 19.4 Å². The zero-order valence-electron chi connectivity index (χ0n) is 21.5. The Labute approximate surface area is 222 Å². The molecule has 0 unspecified atom stereocenters. The predicted molar refractivity (Wildman–Crippen MR) is 130 cm³/mol.